The van der Waals surface area contributed by atoms with Gasteiger partial charge in [-0.25, -0.2) is 0 Å². The molecule has 0 aliphatic heterocycles. The van der Waals surface area contributed by atoms with E-state index in [4.69, 9.17) is 10.5 Å². The Balaban J connectivity index is 1.97. The SMILES string of the molecule is Cc1nn(C)c(COC2CCCCC2N)c1Br. The smallest absolute Gasteiger partial charge is 0.0900 e. The Bertz CT molecular complexity index is 391. The van der Waals surface area contributed by atoms with Crippen LogP contribution in [-0.2, 0) is 18.4 Å². The predicted molar refractivity (Wildman–Crippen MR) is 70.7 cm³/mol. The van der Waals surface area contributed by atoms with Gasteiger partial charge in [-0.1, -0.05) is 12.8 Å². The number of nitrogens with zero attached hydrogens (tertiary/aromatic N) is 2. The van der Waals surface area contributed by atoms with Crippen molar-refractivity contribution < 1.29 is 4.74 Å². The van der Waals surface area contributed by atoms with Gasteiger partial charge in [0.15, 0.2) is 0 Å². The minimum absolute atomic E-state index is 0.192. The lowest BCUT2D eigenvalue weighted by molar-refractivity contribution is 0.00107. The topological polar surface area (TPSA) is 53.1 Å². The average molecular weight is 302 g/mol. The molecular formula is C12H20BrN3O. The normalized spacial score (nSPS) is 25.2. The summed E-state index contributed by atoms with van der Waals surface area (Å²) in [5, 5.41) is 4.35. The summed E-state index contributed by atoms with van der Waals surface area (Å²) in [4.78, 5) is 0. The van der Waals surface area contributed by atoms with Crippen LogP contribution in [0.15, 0.2) is 4.47 Å². The average Bonchev–Trinajstić information content (AvgIpc) is 2.53. The maximum Gasteiger partial charge on any atom is 0.0900 e. The summed E-state index contributed by atoms with van der Waals surface area (Å²) in [6.07, 6.45) is 4.82. The number of hydrogen-bond acceptors (Lipinski definition) is 3. The van der Waals surface area contributed by atoms with Crippen LogP contribution in [0.5, 0.6) is 0 Å². The summed E-state index contributed by atoms with van der Waals surface area (Å²) in [6, 6.07) is 0.192. The summed E-state index contributed by atoms with van der Waals surface area (Å²) in [6.45, 7) is 2.57. The number of aromatic nitrogens is 2. The van der Waals surface area contributed by atoms with Crippen LogP contribution < -0.4 is 5.73 Å². The molecule has 1 fully saturated rings. The number of nitrogens with two attached hydrogens (primary N) is 1. The van der Waals surface area contributed by atoms with Crippen molar-refractivity contribution >= 4 is 15.9 Å². The van der Waals surface area contributed by atoms with Gasteiger partial charge in [-0.3, -0.25) is 4.68 Å². The molecule has 5 heteroatoms. The van der Waals surface area contributed by atoms with E-state index in [0.29, 0.717) is 6.61 Å². The zero-order valence-corrected chi connectivity index (χ0v) is 12.0. The predicted octanol–water partition coefficient (Wildman–Crippen LogP) is 2.28. The zero-order chi connectivity index (χ0) is 12.4. The number of ether oxygens (including phenoxy) is 1. The number of rotatable bonds is 3. The first-order chi connectivity index (χ1) is 8.09. The fourth-order valence-corrected chi connectivity index (χ4v) is 2.81. The van der Waals surface area contributed by atoms with Crippen molar-refractivity contribution in [2.75, 3.05) is 0 Å². The van der Waals surface area contributed by atoms with Gasteiger partial charge in [0.25, 0.3) is 0 Å². The first-order valence-corrected chi connectivity index (χ1v) is 6.94. The molecule has 4 nitrogen and oxygen atoms in total. The third-order valence-electron chi connectivity index (χ3n) is 3.45. The van der Waals surface area contributed by atoms with E-state index in [-0.39, 0.29) is 12.1 Å². The summed E-state index contributed by atoms with van der Waals surface area (Å²) in [5.74, 6) is 0. The molecule has 1 aliphatic rings. The molecule has 17 heavy (non-hydrogen) atoms. The molecule has 0 aromatic carbocycles. The van der Waals surface area contributed by atoms with Gasteiger partial charge in [0, 0.05) is 13.1 Å². The third-order valence-corrected chi connectivity index (χ3v) is 4.48. The number of halogens is 1. The molecule has 0 bridgehead atoms. The lowest BCUT2D eigenvalue weighted by Crippen LogP contribution is -2.39. The highest BCUT2D eigenvalue weighted by molar-refractivity contribution is 9.10. The first-order valence-electron chi connectivity index (χ1n) is 6.14. The van der Waals surface area contributed by atoms with Gasteiger partial charge in [-0.2, -0.15) is 5.10 Å². The van der Waals surface area contributed by atoms with Gasteiger partial charge in [0.05, 0.1) is 28.6 Å². The molecule has 2 unspecified atom stereocenters. The van der Waals surface area contributed by atoms with E-state index in [1.165, 1.54) is 12.8 Å². The maximum atomic E-state index is 6.07. The molecule has 1 heterocycles. The van der Waals surface area contributed by atoms with E-state index in [9.17, 15) is 0 Å². The monoisotopic (exact) mass is 301 g/mol. The highest BCUT2D eigenvalue weighted by Gasteiger charge is 2.23. The Labute approximate surface area is 111 Å². The molecule has 0 spiro atoms. The summed E-state index contributed by atoms with van der Waals surface area (Å²) < 4.78 is 8.85. The Hall–Kier alpha value is -0.390. The van der Waals surface area contributed by atoms with Crippen molar-refractivity contribution in [3.05, 3.63) is 15.9 Å². The van der Waals surface area contributed by atoms with Gasteiger partial charge in [-0.15, -0.1) is 0 Å². The third kappa shape index (κ3) is 2.89. The van der Waals surface area contributed by atoms with E-state index in [2.05, 4.69) is 21.0 Å². The van der Waals surface area contributed by atoms with Crippen LogP contribution in [0, 0.1) is 6.92 Å². The second kappa shape index (κ2) is 5.50. The van der Waals surface area contributed by atoms with E-state index < -0.39 is 0 Å². The molecule has 96 valence electrons. The van der Waals surface area contributed by atoms with Crippen molar-refractivity contribution in [1.29, 1.82) is 0 Å². The Kier molecular flexibility index (Phi) is 4.22. The molecule has 1 aromatic rings. The van der Waals surface area contributed by atoms with Crippen LogP contribution in [0.25, 0.3) is 0 Å². The summed E-state index contributed by atoms with van der Waals surface area (Å²) >= 11 is 3.55. The fourth-order valence-electron chi connectivity index (χ4n) is 2.36. The van der Waals surface area contributed by atoms with Gasteiger partial charge in [-0.05, 0) is 35.7 Å². The summed E-state index contributed by atoms with van der Waals surface area (Å²) in [5.41, 5.74) is 8.15. The summed E-state index contributed by atoms with van der Waals surface area (Å²) in [7, 11) is 1.94. The van der Waals surface area contributed by atoms with E-state index in [1.54, 1.807) is 0 Å². The van der Waals surface area contributed by atoms with Crippen LogP contribution >= 0.6 is 15.9 Å². The van der Waals surface area contributed by atoms with Gasteiger partial charge in [0.1, 0.15) is 0 Å². The molecule has 0 amide bonds. The molecule has 0 saturated heterocycles. The molecule has 1 aromatic heterocycles. The Morgan fingerprint density at radius 2 is 2.18 bits per heavy atom. The van der Waals surface area contributed by atoms with Crippen LogP contribution in [0.2, 0.25) is 0 Å². The lowest BCUT2D eigenvalue weighted by atomic mass is 9.93. The van der Waals surface area contributed by atoms with E-state index in [1.807, 2.05) is 18.7 Å². The van der Waals surface area contributed by atoms with Crippen molar-refractivity contribution in [3.8, 4) is 0 Å². The minimum atomic E-state index is 0.192. The van der Waals surface area contributed by atoms with Crippen molar-refractivity contribution in [2.45, 2.75) is 51.4 Å². The molecule has 2 N–H and O–H groups in total. The van der Waals surface area contributed by atoms with Crippen molar-refractivity contribution in [2.24, 2.45) is 12.8 Å². The van der Waals surface area contributed by atoms with Gasteiger partial charge < -0.3 is 10.5 Å². The van der Waals surface area contributed by atoms with E-state index in [0.717, 1.165) is 28.7 Å². The number of hydrogen-bond donors (Lipinski definition) is 1. The Morgan fingerprint density at radius 1 is 1.47 bits per heavy atom. The van der Waals surface area contributed by atoms with Crippen LogP contribution in [0.4, 0.5) is 0 Å². The van der Waals surface area contributed by atoms with Gasteiger partial charge in [0.2, 0.25) is 0 Å². The second-order valence-electron chi connectivity index (χ2n) is 4.77. The maximum absolute atomic E-state index is 6.07. The number of aryl methyl sites for hydroxylation is 2. The molecule has 2 rings (SSSR count). The Morgan fingerprint density at radius 3 is 2.76 bits per heavy atom. The van der Waals surface area contributed by atoms with Crippen molar-refractivity contribution in [1.82, 2.24) is 9.78 Å². The van der Waals surface area contributed by atoms with Crippen LogP contribution in [0.3, 0.4) is 0 Å². The van der Waals surface area contributed by atoms with E-state index >= 15 is 0 Å². The standard InChI is InChI=1S/C12H20BrN3O/c1-8-12(13)10(16(2)15-8)7-17-11-6-4-3-5-9(11)14/h9,11H,3-7,14H2,1-2H3. The molecule has 0 radical (unpaired) electrons. The molecular weight excluding hydrogens is 282 g/mol. The molecule has 1 saturated carbocycles. The zero-order valence-electron chi connectivity index (χ0n) is 10.4. The quantitative estimate of drug-likeness (QED) is 0.932. The highest BCUT2D eigenvalue weighted by atomic mass is 79.9. The first kappa shape index (κ1) is 13.1. The van der Waals surface area contributed by atoms with Crippen LogP contribution in [-0.4, -0.2) is 21.9 Å². The van der Waals surface area contributed by atoms with Crippen LogP contribution in [0.1, 0.15) is 37.1 Å². The lowest BCUT2D eigenvalue weighted by Gasteiger charge is -2.28. The van der Waals surface area contributed by atoms with Gasteiger partial charge >= 0.3 is 0 Å². The second-order valence-corrected chi connectivity index (χ2v) is 5.56. The largest absolute Gasteiger partial charge is 0.370 e. The fraction of sp³-hybridized carbons (Fsp3) is 0.750. The molecule has 1 aliphatic carbocycles. The van der Waals surface area contributed by atoms with Crippen molar-refractivity contribution in [3.63, 3.8) is 0 Å². The molecule has 2 atom stereocenters. The highest BCUT2D eigenvalue weighted by Crippen LogP contribution is 2.24. The minimum Gasteiger partial charge on any atom is -0.370 e.